The van der Waals surface area contributed by atoms with Crippen LogP contribution in [0.3, 0.4) is 0 Å². The van der Waals surface area contributed by atoms with Gasteiger partial charge in [-0.3, -0.25) is 0 Å². The normalized spacial score (nSPS) is 12.0. The maximum absolute atomic E-state index is 13.0. The number of hydrogen-bond acceptors (Lipinski definition) is 4. The van der Waals surface area contributed by atoms with Gasteiger partial charge in [0.2, 0.25) is 10.0 Å². The largest absolute Gasteiger partial charge is 0.396 e. The second kappa shape index (κ2) is 6.12. The number of rotatable bonds is 6. The molecule has 2 N–H and O–H groups in total. The van der Waals surface area contributed by atoms with E-state index in [0.717, 1.165) is 12.1 Å². The van der Waals surface area contributed by atoms with Gasteiger partial charge in [0, 0.05) is 27.3 Å². The Morgan fingerprint density at radius 3 is 2.67 bits per heavy atom. The summed E-state index contributed by atoms with van der Waals surface area (Å²) < 4.78 is 43.2. The number of halogens is 1. The van der Waals surface area contributed by atoms with Gasteiger partial charge in [-0.25, -0.2) is 17.1 Å². The second-order valence-electron chi connectivity index (χ2n) is 3.86. The van der Waals surface area contributed by atoms with Crippen LogP contribution in [-0.2, 0) is 14.8 Å². The van der Waals surface area contributed by atoms with Crippen LogP contribution in [0, 0.1) is 5.82 Å². The Hall–Kier alpha value is -1.18. The van der Waals surface area contributed by atoms with Crippen LogP contribution >= 0.6 is 0 Å². The molecule has 5 nitrogen and oxygen atoms in total. The smallest absolute Gasteiger partial charge is 0.242 e. The zero-order valence-corrected chi connectivity index (χ0v) is 11.2. The SMILES string of the molecule is COCCCN(C)S(=O)(=O)c1ccc(F)c(N)c1. The van der Waals surface area contributed by atoms with Gasteiger partial charge < -0.3 is 10.5 Å². The molecule has 0 amide bonds. The summed E-state index contributed by atoms with van der Waals surface area (Å²) >= 11 is 0. The third-order valence-corrected chi connectivity index (χ3v) is 4.35. The van der Waals surface area contributed by atoms with E-state index < -0.39 is 15.8 Å². The van der Waals surface area contributed by atoms with Crippen LogP contribution in [-0.4, -0.2) is 40.0 Å². The third-order valence-electron chi connectivity index (χ3n) is 2.50. The average molecular weight is 276 g/mol. The van der Waals surface area contributed by atoms with Crippen molar-refractivity contribution in [2.75, 3.05) is 33.0 Å². The summed E-state index contributed by atoms with van der Waals surface area (Å²) in [6.45, 7) is 0.804. The average Bonchev–Trinajstić information content (AvgIpc) is 2.32. The van der Waals surface area contributed by atoms with Crippen LogP contribution in [0.15, 0.2) is 23.1 Å². The lowest BCUT2D eigenvalue weighted by atomic mass is 10.3. The zero-order valence-electron chi connectivity index (χ0n) is 10.4. The fourth-order valence-corrected chi connectivity index (χ4v) is 2.66. The number of methoxy groups -OCH3 is 1. The van der Waals surface area contributed by atoms with E-state index in [2.05, 4.69) is 0 Å². The predicted molar refractivity (Wildman–Crippen MR) is 67.1 cm³/mol. The van der Waals surface area contributed by atoms with Crippen LogP contribution in [0.4, 0.5) is 10.1 Å². The fraction of sp³-hybridized carbons (Fsp3) is 0.455. The standard InChI is InChI=1S/C11H17FN2O3S/c1-14(6-3-7-17-2)18(15,16)9-4-5-10(12)11(13)8-9/h4-5,8H,3,6-7,13H2,1-2H3. The highest BCUT2D eigenvalue weighted by atomic mass is 32.2. The van der Waals surface area contributed by atoms with Crippen LogP contribution in [0.2, 0.25) is 0 Å². The van der Waals surface area contributed by atoms with Crippen molar-refractivity contribution in [1.29, 1.82) is 0 Å². The van der Waals surface area contributed by atoms with Gasteiger partial charge in [0.25, 0.3) is 0 Å². The lowest BCUT2D eigenvalue weighted by Crippen LogP contribution is -2.28. The van der Waals surface area contributed by atoms with Crippen molar-refractivity contribution in [3.63, 3.8) is 0 Å². The predicted octanol–water partition coefficient (Wildman–Crippen LogP) is 1.06. The van der Waals surface area contributed by atoms with E-state index in [1.165, 1.54) is 17.4 Å². The molecule has 18 heavy (non-hydrogen) atoms. The molecule has 0 unspecified atom stereocenters. The molecule has 0 aliphatic carbocycles. The first-order valence-electron chi connectivity index (χ1n) is 5.40. The summed E-state index contributed by atoms with van der Waals surface area (Å²) in [5, 5.41) is 0. The number of nitrogens with zero attached hydrogens (tertiary/aromatic N) is 1. The molecule has 0 saturated heterocycles. The lowest BCUT2D eigenvalue weighted by molar-refractivity contribution is 0.189. The van der Waals surface area contributed by atoms with Crippen LogP contribution in [0.1, 0.15) is 6.42 Å². The summed E-state index contributed by atoms with van der Waals surface area (Å²) in [6.07, 6.45) is 0.586. The molecule has 0 bridgehead atoms. The van der Waals surface area contributed by atoms with Crippen LogP contribution in [0.5, 0.6) is 0 Å². The number of nitrogen functional groups attached to an aromatic ring is 1. The van der Waals surface area contributed by atoms with Gasteiger partial charge in [0.05, 0.1) is 10.6 Å². The monoisotopic (exact) mass is 276 g/mol. The molecule has 0 aliphatic rings. The Morgan fingerprint density at radius 1 is 1.44 bits per heavy atom. The van der Waals surface area contributed by atoms with Crippen LogP contribution in [0.25, 0.3) is 0 Å². The first-order chi connectivity index (χ1) is 8.39. The van der Waals surface area contributed by atoms with Gasteiger partial charge in [-0.15, -0.1) is 0 Å². The van der Waals surface area contributed by atoms with Crippen LogP contribution < -0.4 is 5.73 Å². The summed E-state index contributed by atoms with van der Waals surface area (Å²) in [7, 11) is -0.614. The van der Waals surface area contributed by atoms with Crippen molar-refractivity contribution in [1.82, 2.24) is 4.31 Å². The van der Waals surface area contributed by atoms with E-state index in [9.17, 15) is 12.8 Å². The van der Waals surface area contributed by atoms with Gasteiger partial charge in [-0.1, -0.05) is 0 Å². The maximum Gasteiger partial charge on any atom is 0.242 e. The highest BCUT2D eigenvalue weighted by molar-refractivity contribution is 7.89. The second-order valence-corrected chi connectivity index (χ2v) is 5.90. The molecule has 0 saturated carbocycles. The summed E-state index contributed by atoms with van der Waals surface area (Å²) in [5.74, 6) is -0.629. The molecule has 1 aromatic carbocycles. The topological polar surface area (TPSA) is 72.6 Å². The summed E-state index contributed by atoms with van der Waals surface area (Å²) in [4.78, 5) is -0.0127. The molecule has 7 heteroatoms. The van der Waals surface area contributed by atoms with E-state index in [-0.39, 0.29) is 10.6 Å². The van der Waals surface area contributed by atoms with Crippen molar-refractivity contribution < 1.29 is 17.5 Å². The van der Waals surface area contributed by atoms with E-state index in [1.54, 1.807) is 7.11 Å². The van der Waals surface area contributed by atoms with Crippen molar-refractivity contribution in [3.05, 3.63) is 24.0 Å². The van der Waals surface area contributed by atoms with E-state index >= 15 is 0 Å². The molecule has 0 atom stereocenters. The molecule has 0 heterocycles. The quantitative estimate of drug-likeness (QED) is 0.623. The molecule has 102 valence electrons. The van der Waals surface area contributed by atoms with E-state index in [0.29, 0.717) is 19.6 Å². The zero-order chi connectivity index (χ0) is 13.8. The number of hydrogen-bond donors (Lipinski definition) is 1. The Labute approximate surface area is 106 Å². The first kappa shape index (κ1) is 14.9. The van der Waals surface area contributed by atoms with Crippen molar-refractivity contribution in [3.8, 4) is 0 Å². The minimum absolute atomic E-state index is 0.0127. The summed E-state index contributed by atoms with van der Waals surface area (Å²) in [6, 6.07) is 3.37. The number of nitrogens with two attached hydrogens (primary N) is 1. The molecule has 0 spiro atoms. The maximum atomic E-state index is 13.0. The lowest BCUT2D eigenvalue weighted by Gasteiger charge is -2.17. The highest BCUT2D eigenvalue weighted by Crippen LogP contribution is 2.19. The fourth-order valence-electron chi connectivity index (χ4n) is 1.41. The molecule has 0 aliphatic heterocycles. The van der Waals surface area contributed by atoms with E-state index in [4.69, 9.17) is 10.5 Å². The number of sulfonamides is 1. The first-order valence-corrected chi connectivity index (χ1v) is 6.84. The minimum Gasteiger partial charge on any atom is -0.396 e. The Bertz CT molecular complexity index is 505. The van der Waals surface area contributed by atoms with Gasteiger partial charge in [0.1, 0.15) is 5.82 Å². The molecule has 1 rings (SSSR count). The number of anilines is 1. The van der Waals surface area contributed by atoms with Gasteiger partial charge in [-0.2, -0.15) is 0 Å². The molecule has 0 aromatic heterocycles. The third kappa shape index (κ3) is 3.41. The van der Waals surface area contributed by atoms with Crippen molar-refractivity contribution >= 4 is 15.7 Å². The molecule has 0 radical (unpaired) electrons. The Morgan fingerprint density at radius 2 is 2.11 bits per heavy atom. The molecule has 0 fully saturated rings. The van der Waals surface area contributed by atoms with Crippen molar-refractivity contribution in [2.45, 2.75) is 11.3 Å². The van der Waals surface area contributed by atoms with Gasteiger partial charge in [0.15, 0.2) is 0 Å². The van der Waals surface area contributed by atoms with E-state index in [1.807, 2.05) is 0 Å². The summed E-state index contributed by atoms with van der Waals surface area (Å²) in [5.41, 5.74) is 5.18. The number of benzene rings is 1. The van der Waals surface area contributed by atoms with Gasteiger partial charge >= 0.3 is 0 Å². The van der Waals surface area contributed by atoms with Gasteiger partial charge in [-0.05, 0) is 24.6 Å². The minimum atomic E-state index is -3.63. The Kier molecular flexibility index (Phi) is 5.06. The molecule has 1 aromatic rings. The highest BCUT2D eigenvalue weighted by Gasteiger charge is 2.21. The number of ether oxygens (including phenoxy) is 1. The van der Waals surface area contributed by atoms with Crippen molar-refractivity contribution in [2.24, 2.45) is 0 Å². The molecular formula is C11H17FN2O3S. The molecular weight excluding hydrogens is 259 g/mol. The Balaban J connectivity index is 2.88.